The van der Waals surface area contributed by atoms with Crippen molar-refractivity contribution in [2.75, 3.05) is 5.32 Å². The fraction of sp³-hybridized carbons (Fsp3) is 0.217. The lowest BCUT2D eigenvalue weighted by molar-refractivity contribution is 0.221. The molecule has 25 heavy (non-hydrogen) atoms. The number of benzene rings is 3. The Morgan fingerprint density at radius 3 is 2.24 bits per heavy atom. The molecule has 0 aliphatic carbocycles. The summed E-state index contributed by atoms with van der Waals surface area (Å²) >= 11 is 0. The van der Waals surface area contributed by atoms with Gasteiger partial charge in [0.1, 0.15) is 6.10 Å². The maximum absolute atomic E-state index is 10.9. The fourth-order valence-electron chi connectivity index (χ4n) is 2.95. The SMILES string of the molecule is CCCCc1ccc(C(O)c2ccccc2Nc2ccccc2)cc1. The van der Waals surface area contributed by atoms with Gasteiger partial charge in [0.25, 0.3) is 0 Å². The monoisotopic (exact) mass is 331 g/mol. The minimum absolute atomic E-state index is 0.646. The lowest BCUT2D eigenvalue weighted by Crippen LogP contribution is -2.04. The number of para-hydroxylation sites is 2. The molecule has 3 aromatic rings. The summed E-state index contributed by atoms with van der Waals surface area (Å²) in [5.74, 6) is 0. The molecule has 2 heteroatoms. The number of nitrogens with one attached hydrogen (secondary N) is 1. The second-order valence-electron chi connectivity index (χ2n) is 6.33. The second kappa shape index (κ2) is 8.50. The molecule has 2 N–H and O–H groups in total. The van der Waals surface area contributed by atoms with Crippen molar-refractivity contribution >= 4 is 11.4 Å². The molecule has 3 aromatic carbocycles. The van der Waals surface area contributed by atoms with Gasteiger partial charge in [-0.15, -0.1) is 0 Å². The normalized spacial score (nSPS) is 11.9. The largest absolute Gasteiger partial charge is 0.384 e. The van der Waals surface area contributed by atoms with Gasteiger partial charge in [0.05, 0.1) is 0 Å². The molecular weight excluding hydrogens is 306 g/mol. The Bertz CT molecular complexity index is 781. The van der Waals surface area contributed by atoms with E-state index < -0.39 is 6.10 Å². The summed E-state index contributed by atoms with van der Waals surface area (Å²) in [7, 11) is 0. The number of anilines is 2. The van der Waals surface area contributed by atoms with Crippen LogP contribution >= 0.6 is 0 Å². The van der Waals surface area contributed by atoms with E-state index in [1.807, 2.05) is 66.7 Å². The highest BCUT2D eigenvalue weighted by atomic mass is 16.3. The first-order valence-electron chi connectivity index (χ1n) is 8.96. The van der Waals surface area contributed by atoms with Crippen molar-refractivity contribution in [2.45, 2.75) is 32.3 Å². The molecule has 0 saturated carbocycles. The van der Waals surface area contributed by atoms with Gasteiger partial charge in [-0.25, -0.2) is 0 Å². The van der Waals surface area contributed by atoms with Crippen LogP contribution in [0.1, 0.15) is 42.6 Å². The third-order valence-corrected chi connectivity index (χ3v) is 4.42. The van der Waals surface area contributed by atoms with E-state index in [-0.39, 0.29) is 0 Å². The summed E-state index contributed by atoms with van der Waals surface area (Å²) < 4.78 is 0. The first kappa shape index (κ1) is 17.2. The van der Waals surface area contributed by atoms with Crippen LogP contribution in [0, 0.1) is 0 Å². The summed E-state index contributed by atoms with van der Waals surface area (Å²) in [6.45, 7) is 2.20. The minimum Gasteiger partial charge on any atom is -0.384 e. The van der Waals surface area contributed by atoms with Crippen LogP contribution in [0.15, 0.2) is 78.9 Å². The molecule has 0 saturated heterocycles. The van der Waals surface area contributed by atoms with Gasteiger partial charge in [0.15, 0.2) is 0 Å². The molecule has 0 spiro atoms. The number of hydrogen-bond donors (Lipinski definition) is 2. The number of aryl methyl sites for hydroxylation is 1. The molecular formula is C23H25NO. The van der Waals surface area contributed by atoms with Gasteiger partial charge in [-0.05, 0) is 42.2 Å². The van der Waals surface area contributed by atoms with Gasteiger partial charge in [0, 0.05) is 16.9 Å². The molecule has 0 aliphatic rings. The zero-order valence-corrected chi connectivity index (χ0v) is 14.7. The Kier molecular flexibility index (Phi) is 5.86. The predicted octanol–water partition coefficient (Wildman–Crippen LogP) is 5.85. The van der Waals surface area contributed by atoms with Crippen molar-refractivity contribution < 1.29 is 5.11 Å². The van der Waals surface area contributed by atoms with Crippen LogP contribution in [-0.2, 0) is 6.42 Å². The predicted molar refractivity (Wildman–Crippen MR) is 105 cm³/mol. The van der Waals surface area contributed by atoms with Crippen molar-refractivity contribution in [2.24, 2.45) is 0 Å². The lowest BCUT2D eigenvalue weighted by Gasteiger charge is -2.17. The molecule has 1 atom stereocenters. The van der Waals surface area contributed by atoms with Gasteiger partial charge in [0.2, 0.25) is 0 Å². The summed E-state index contributed by atoms with van der Waals surface area (Å²) in [5.41, 5.74) is 5.07. The smallest absolute Gasteiger partial charge is 0.106 e. The highest BCUT2D eigenvalue weighted by Crippen LogP contribution is 2.30. The average Bonchev–Trinajstić information content (AvgIpc) is 2.67. The van der Waals surface area contributed by atoms with E-state index in [4.69, 9.17) is 0 Å². The zero-order chi connectivity index (χ0) is 17.5. The van der Waals surface area contributed by atoms with E-state index >= 15 is 0 Å². The second-order valence-corrected chi connectivity index (χ2v) is 6.33. The number of aliphatic hydroxyl groups is 1. The van der Waals surface area contributed by atoms with Crippen LogP contribution in [0.5, 0.6) is 0 Å². The van der Waals surface area contributed by atoms with E-state index in [1.54, 1.807) is 0 Å². The Labute approximate surface area is 150 Å². The minimum atomic E-state index is -0.646. The van der Waals surface area contributed by atoms with Crippen molar-refractivity contribution in [1.82, 2.24) is 0 Å². The number of rotatable bonds is 7. The van der Waals surface area contributed by atoms with Gasteiger partial charge < -0.3 is 10.4 Å². The van der Waals surface area contributed by atoms with Gasteiger partial charge >= 0.3 is 0 Å². The van der Waals surface area contributed by atoms with Crippen molar-refractivity contribution in [1.29, 1.82) is 0 Å². The standard InChI is InChI=1S/C23H25NO/c1-2-3-9-18-14-16-19(17-15-18)23(25)21-12-7-8-13-22(21)24-20-10-5-4-6-11-20/h4-8,10-17,23-25H,2-3,9H2,1H3. The molecule has 128 valence electrons. The number of unbranched alkanes of at least 4 members (excludes halogenated alkanes) is 1. The summed E-state index contributed by atoms with van der Waals surface area (Å²) in [5, 5.41) is 14.3. The van der Waals surface area contributed by atoms with E-state index in [0.717, 1.165) is 28.9 Å². The van der Waals surface area contributed by atoms with E-state index in [2.05, 4.69) is 24.4 Å². The van der Waals surface area contributed by atoms with Crippen LogP contribution in [0.25, 0.3) is 0 Å². The van der Waals surface area contributed by atoms with Crippen LogP contribution in [0.2, 0.25) is 0 Å². The van der Waals surface area contributed by atoms with Crippen LogP contribution in [-0.4, -0.2) is 5.11 Å². The van der Waals surface area contributed by atoms with Crippen LogP contribution in [0.3, 0.4) is 0 Å². The van der Waals surface area contributed by atoms with Crippen LogP contribution in [0.4, 0.5) is 11.4 Å². The summed E-state index contributed by atoms with van der Waals surface area (Å²) in [6.07, 6.45) is 2.85. The molecule has 2 nitrogen and oxygen atoms in total. The Morgan fingerprint density at radius 2 is 1.52 bits per heavy atom. The number of hydrogen-bond acceptors (Lipinski definition) is 2. The number of aliphatic hydroxyl groups excluding tert-OH is 1. The van der Waals surface area contributed by atoms with Gasteiger partial charge in [-0.2, -0.15) is 0 Å². The summed E-state index contributed by atoms with van der Waals surface area (Å²) in [4.78, 5) is 0. The Morgan fingerprint density at radius 1 is 0.840 bits per heavy atom. The molecule has 0 aliphatic heterocycles. The molecule has 0 amide bonds. The molecule has 0 fully saturated rings. The highest BCUT2D eigenvalue weighted by Gasteiger charge is 2.14. The third-order valence-electron chi connectivity index (χ3n) is 4.42. The Hall–Kier alpha value is -2.58. The van der Waals surface area contributed by atoms with Crippen molar-refractivity contribution in [3.63, 3.8) is 0 Å². The van der Waals surface area contributed by atoms with Crippen molar-refractivity contribution in [3.05, 3.63) is 95.6 Å². The fourth-order valence-corrected chi connectivity index (χ4v) is 2.95. The quantitative estimate of drug-likeness (QED) is 0.569. The molecule has 0 radical (unpaired) electrons. The maximum atomic E-state index is 10.9. The Balaban J connectivity index is 1.81. The maximum Gasteiger partial charge on any atom is 0.106 e. The first-order chi connectivity index (χ1) is 12.3. The molecule has 0 aromatic heterocycles. The van der Waals surface area contributed by atoms with E-state index in [0.29, 0.717) is 0 Å². The summed E-state index contributed by atoms with van der Waals surface area (Å²) in [6, 6.07) is 26.3. The molecule has 0 bridgehead atoms. The van der Waals surface area contributed by atoms with E-state index in [9.17, 15) is 5.11 Å². The van der Waals surface area contributed by atoms with E-state index in [1.165, 1.54) is 18.4 Å². The molecule has 1 unspecified atom stereocenters. The first-order valence-corrected chi connectivity index (χ1v) is 8.96. The zero-order valence-electron chi connectivity index (χ0n) is 14.7. The van der Waals surface area contributed by atoms with Gasteiger partial charge in [-0.3, -0.25) is 0 Å². The molecule has 3 rings (SSSR count). The molecule has 0 heterocycles. The lowest BCUT2D eigenvalue weighted by atomic mass is 9.97. The topological polar surface area (TPSA) is 32.3 Å². The van der Waals surface area contributed by atoms with Crippen molar-refractivity contribution in [3.8, 4) is 0 Å². The van der Waals surface area contributed by atoms with Gasteiger partial charge in [-0.1, -0.05) is 74.0 Å². The highest BCUT2D eigenvalue weighted by molar-refractivity contribution is 5.64. The third kappa shape index (κ3) is 4.49. The average molecular weight is 331 g/mol. The van der Waals surface area contributed by atoms with Crippen LogP contribution < -0.4 is 5.32 Å².